The summed E-state index contributed by atoms with van der Waals surface area (Å²) in [4.78, 5) is 15.9. The molecule has 1 aromatic carbocycles. The summed E-state index contributed by atoms with van der Waals surface area (Å²) in [6.45, 7) is 0. The monoisotopic (exact) mass is 244 g/mol. The molecule has 1 amide bonds. The fraction of sp³-hybridized carbons (Fsp3) is 0.231. The van der Waals surface area contributed by atoms with E-state index in [2.05, 4.69) is 22.4 Å². The number of amides is 1. The van der Waals surface area contributed by atoms with Crippen LogP contribution in [0.5, 0.6) is 0 Å². The molecule has 0 aliphatic heterocycles. The Hall–Kier alpha value is -1.68. The maximum Gasteiger partial charge on any atom is 0.280 e. The number of aryl methyl sites for hydroxylation is 1. The van der Waals surface area contributed by atoms with Crippen molar-refractivity contribution in [2.24, 2.45) is 0 Å². The van der Waals surface area contributed by atoms with Crippen LogP contribution in [0.2, 0.25) is 0 Å². The Morgan fingerprint density at radius 2 is 2.29 bits per heavy atom. The first-order valence-corrected chi connectivity index (χ1v) is 6.51. The number of aromatic nitrogens is 1. The summed E-state index contributed by atoms with van der Waals surface area (Å²) >= 11 is 1.37. The van der Waals surface area contributed by atoms with Gasteiger partial charge in [0.2, 0.25) is 0 Å². The average Bonchev–Trinajstić information content (AvgIpc) is 2.98. The molecule has 0 spiro atoms. The first kappa shape index (κ1) is 10.5. The number of thiazole rings is 1. The molecule has 0 saturated carbocycles. The molecule has 0 saturated heterocycles. The normalized spacial score (nSPS) is 17.8. The van der Waals surface area contributed by atoms with Crippen LogP contribution in [0.4, 0.5) is 0 Å². The summed E-state index contributed by atoms with van der Waals surface area (Å²) in [5, 5.41) is 5.40. The Morgan fingerprint density at radius 1 is 1.41 bits per heavy atom. The molecule has 0 fully saturated rings. The van der Waals surface area contributed by atoms with E-state index >= 15 is 0 Å². The van der Waals surface area contributed by atoms with Crippen LogP contribution in [0.15, 0.2) is 35.8 Å². The molecule has 17 heavy (non-hydrogen) atoms. The molecule has 1 atom stereocenters. The third kappa shape index (κ3) is 1.96. The van der Waals surface area contributed by atoms with Crippen molar-refractivity contribution in [3.8, 4) is 0 Å². The molecule has 3 rings (SSSR count). The predicted molar refractivity (Wildman–Crippen MR) is 67.1 cm³/mol. The van der Waals surface area contributed by atoms with Crippen LogP contribution < -0.4 is 5.32 Å². The summed E-state index contributed by atoms with van der Waals surface area (Å²) in [6, 6.07) is 8.43. The molecule has 0 radical (unpaired) electrons. The lowest BCUT2D eigenvalue weighted by atomic mass is 10.1. The molecular formula is C13H12N2OS. The zero-order valence-electron chi connectivity index (χ0n) is 9.22. The first-order chi connectivity index (χ1) is 8.34. The molecule has 1 aliphatic carbocycles. The van der Waals surface area contributed by atoms with Gasteiger partial charge in [-0.2, -0.15) is 0 Å². The highest BCUT2D eigenvalue weighted by Crippen LogP contribution is 2.30. The van der Waals surface area contributed by atoms with E-state index < -0.39 is 0 Å². The SMILES string of the molecule is O=C(NC1CCc2ccccc21)c1nccs1. The number of hydrogen-bond acceptors (Lipinski definition) is 3. The number of nitrogens with one attached hydrogen (secondary N) is 1. The van der Waals surface area contributed by atoms with E-state index in [-0.39, 0.29) is 11.9 Å². The van der Waals surface area contributed by atoms with Crippen LogP contribution in [0.25, 0.3) is 0 Å². The van der Waals surface area contributed by atoms with Crippen molar-refractivity contribution < 1.29 is 4.79 Å². The van der Waals surface area contributed by atoms with E-state index in [1.807, 2.05) is 17.5 Å². The number of carbonyl (C=O) groups is 1. The number of fused-ring (bicyclic) bond motifs is 1. The number of hydrogen-bond donors (Lipinski definition) is 1. The van der Waals surface area contributed by atoms with Gasteiger partial charge in [-0.3, -0.25) is 4.79 Å². The molecule has 0 bridgehead atoms. The van der Waals surface area contributed by atoms with E-state index in [1.165, 1.54) is 22.5 Å². The van der Waals surface area contributed by atoms with Crippen LogP contribution in [-0.4, -0.2) is 10.9 Å². The van der Waals surface area contributed by atoms with Gasteiger partial charge in [0.25, 0.3) is 5.91 Å². The summed E-state index contributed by atoms with van der Waals surface area (Å²) in [7, 11) is 0. The van der Waals surface area contributed by atoms with Crippen molar-refractivity contribution >= 4 is 17.2 Å². The molecular weight excluding hydrogens is 232 g/mol. The van der Waals surface area contributed by atoms with Crippen LogP contribution in [-0.2, 0) is 6.42 Å². The quantitative estimate of drug-likeness (QED) is 0.882. The minimum Gasteiger partial charge on any atom is -0.343 e. The van der Waals surface area contributed by atoms with Gasteiger partial charge in [0.05, 0.1) is 6.04 Å². The molecule has 1 N–H and O–H groups in total. The number of rotatable bonds is 2. The molecule has 1 heterocycles. The van der Waals surface area contributed by atoms with Crippen molar-refractivity contribution in [3.63, 3.8) is 0 Å². The van der Waals surface area contributed by atoms with Gasteiger partial charge in [0, 0.05) is 11.6 Å². The summed E-state index contributed by atoms with van der Waals surface area (Å²) in [5.74, 6) is -0.0679. The summed E-state index contributed by atoms with van der Waals surface area (Å²) in [6.07, 6.45) is 3.68. The second-order valence-electron chi connectivity index (χ2n) is 4.10. The lowest BCUT2D eigenvalue weighted by Gasteiger charge is -2.12. The molecule has 2 aromatic rings. The molecule has 4 heteroatoms. The van der Waals surface area contributed by atoms with Crippen molar-refractivity contribution in [3.05, 3.63) is 52.0 Å². The molecule has 1 aromatic heterocycles. The Labute approximate surface area is 104 Å². The fourth-order valence-corrected chi connectivity index (χ4v) is 2.80. The second-order valence-corrected chi connectivity index (χ2v) is 5.00. The van der Waals surface area contributed by atoms with Gasteiger partial charge in [-0.15, -0.1) is 11.3 Å². The van der Waals surface area contributed by atoms with E-state index in [4.69, 9.17) is 0 Å². The highest BCUT2D eigenvalue weighted by Gasteiger charge is 2.24. The van der Waals surface area contributed by atoms with Gasteiger partial charge in [-0.05, 0) is 24.0 Å². The lowest BCUT2D eigenvalue weighted by molar-refractivity contribution is 0.0936. The standard InChI is InChI=1S/C13H12N2OS/c16-12(13-14-7-8-17-13)15-11-6-5-9-3-1-2-4-10(9)11/h1-4,7-8,11H,5-6H2,(H,15,16). The average molecular weight is 244 g/mol. The highest BCUT2D eigenvalue weighted by atomic mass is 32.1. The Morgan fingerprint density at radius 3 is 3.12 bits per heavy atom. The van der Waals surface area contributed by atoms with Crippen molar-refractivity contribution in [1.29, 1.82) is 0 Å². The van der Waals surface area contributed by atoms with E-state index in [1.54, 1.807) is 6.20 Å². The van der Waals surface area contributed by atoms with Gasteiger partial charge in [0.1, 0.15) is 0 Å². The molecule has 1 aliphatic rings. The molecule has 1 unspecified atom stereocenters. The first-order valence-electron chi connectivity index (χ1n) is 5.63. The maximum absolute atomic E-state index is 11.9. The van der Waals surface area contributed by atoms with Gasteiger partial charge in [-0.25, -0.2) is 4.98 Å². The number of carbonyl (C=O) groups excluding carboxylic acids is 1. The van der Waals surface area contributed by atoms with Crippen molar-refractivity contribution in [2.45, 2.75) is 18.9 Å². The number of benzene rings is 1. The van der Waals surface area contributed by atoms with E-state index in [0.717, 1.165) is 12.8 Å². The van der Waals surface area contributed by atoms with E-state index in [9.17, 15) is 4.79 Å². The topological polar surface area (TPSA) is 42.0 Å². The zero-order chi connectivity index (χ0) is 11.7. The Kier molecular flexibility index (Phi) is 2.65. The maximum atomic E-state index is 11.9. The number of nitrogens with zero attached hydrogens (tertiary/aromatic N) is 1. The van der Waals surface area contributed by atoms with Crippen LogP contribution in [0.1, 0.15) is 33.4 Å². The third-order valence-corrected chi connectivity index (χ3v) is 3.84. The van der Waals surface area contributed by atoms with Crippen LogP contribution in [0.3, 0.4) is 0 Å². The van der Waals surface area contributed by atoms with Crippen molar-refractivity contribution in [1.82, 2.24) is 10.3 Å². The predicted octanol–water partition coefficient (Wildman–Crippen LogP) is 2.56. The van der Waals surface area contributed by atoms with E-state index in [0.29, 0.717) is 5.01 Å². The third-order valence-electron chi connectivity index (χ3n) is 3.06. The fourth-order valence-electron chi connectivity index (χ4n) is 2.26. The highest BCUT2D eigenvalue weighted by molar-refractivity contribution is 7.11. The van der Waals surface area contributed by atoms with Gasteiger partial charge in [-0.1, -0.05) is 24.3 Å². The van der Waals surface area contributed by atoms with Crippen LogP contribution >= 0.6 is 11.3 Å². The molecule has 3 nitrogen and oxygen atoms in total. The molecule has 86 valence electrons. The van der Waals surface area contributed by atoms with Gasteiger partial charge >= 0.3 is 0 Å². The minimum atomic E-state index is -0.0679. The minimum absolute atomic E-state index is 0.0679. The Bertz CT molecular complexity index is 536. The summed E-state index contributed by atoms with van der Waals surface area (Å²) in [5.41, 5.74) is 2.59. The zero-order valence-corrected chi connectivity index (χ0v) is 10.0. The van der Waals surface area contributed by atoms with Gasteiger partial charge in [0.15, 0.2) is 5.01 Å². The second kappa shape index (κ2) is 4.30. The Balaban J connectivity index is 1.78. The largest absolute Gasteiger partial charge is 0.343 e. The summed E-state index contributed by atoms with van der Waals surface area (Å²) < 4.78 is 0. The lowest BCUT2D eigenvalue weighted by Crippen LogP contribution is -2.26. The van der Waals surface area contributed by atoms with Crippen LogP contribution in [0, 0.1) is 0 Å². The van der Waals surface area contributed by atoms with Crippen molar-refractivity contribution in [2.75, 3.05) is 0 Å². The van der Waals surface area contributed by atoms with Gasteiger partial charge < -0.3 is 5.32 Å². The smallest absolute Gasteiger partial charge is 0.280 e.